The zero-order chi connectivity index (χ0) is 11.8. The topological polar surface area (TPSA) is 46.2 Å². The molecule has 2 heteroatoms. The van der Waals surface area contributed by atoms with E-state index in [0.29, 0.717) is 0 Å². The highest BCUT2D eigenvalue weighted by atomic mass is 16.3. The molecule has 0 saturated heterocycles. The van der Waals surface area contributed by atoms with Gasteiger partial charge in [0.25, 0.3) is 0 Å². The van der Waals surface area contributed by atoms with E-state index in [9.17, 15) is 5.11 Å². The van der Waals surface area contributed by atoms with Gasteiger partial charge in [0.15, 0.2) is 0 Å². The van der Waals surface area contributed by atoms with E-state index in [2.05, 4.69) is 32.9 Å². The predicted molar refractivity (Wildman–Crippen MR) is 63.8 cm³/mol. The molecule has 0 aromatic heterocycles. The Morgan fingerprint density at radius 2 is 1.53 bits per heavy atom. The highest BCUT2D eigenvalue weighted by Gasteiger charge is 2.17. The molecule has 84 valence electrons. The lowest BCUT2D eigenvalue weighted by molar-refractivity contribution is 0.184. The van der Waals surface area contributed by atoms with Crippen molar-refractivity contribution in [3.63, 3.8) is 0 Å². The van der Waals surface area contributed by atoms with Gasteiger partial charge in [-0.3, -0.25) is 0 Å². The van der Waals surface area contributed by atoms with Crippen LogP contribution in [0.1, 0.15) is 49.3 Å². The summed E-state index contributed by atoms with van der Waals surface area (Å²) >= 11 is 0. The molecule has 1 rings (SSSR count). The molecule has 0 aliphatic carbocycles. The van der Waals surface area contributed by atoms with Crippen LogP contribution in [0.5, 0.6) is 0 Å². The average Bonchev–Trinajstić information content (AvgIpc) is 1.99. The minimum Gasteiger partial charge on any atom is -0.375 e. The van der Waals surface area contributed by atoms with E-state index in [1.165, 1.54) is 5.56 Å². The highest BCUT2D eigenvalue weighted by molar-refractivity contribution is 5.41. The van der Waals surface area contributed by atoms with Crippen LogP contribution < -0.4 is 5.73 Å². The second-order valence-electron chi connectivity index (χ2n) is 5.22. The van der Waals surface area contributed by atoms with Gasteiger partial charge in [-0.1, -0.05) is 32.9 Å². The summed E-state index contributed by atoms with van der Waals surface area (Å²) < 4.78 is 0. The van der Waals surface area contributed by atoms with Crippen LogP contribution in [0.3, 0.4) is 0 Å². The molecule has 1 unspecified atom stereocenters. The zero-order valence-corrected chi connectivity index (χ0v) is 10.3. The molecule has 1 atom stereocenters. The first-order valence-corrected chi connectivity index (χ1v) is 5.28. The first-order valence-electron chi connectivity index (χ1n) is 5.28. The molecule has 0 aliphatic heterocycles. The molecule has 0 fully saturated rings. The van der Waals surface area contributed by atoms with E-state index < -0.39 is 6.23 Å². The summed E-state index contributed by atoms with van der Waals surface area (Å²) in [5, 5.41) is 9.46. The second kappa shape index (κ2) is 3.95. The van der Waals surface area contributed by atoms with Gasteiger partial charge in [0.1, 0.15) is 6.23 Å². The number of aliphatic hydroxyl groups is 1. The maximum Gasteiger partial charge on any atom is 0.129 e. The number of aryl methyl sites for hydroxylation is 2. The van der Waals surface area contributed by atoms with Crippen molar-refractivity contribution in [2.75, 3.05) is 0 Å². The third-order valence-electron chi connectivity index (χ3n) is 2.76. The molecule has 0 spiro atoms. The van der Waals surface area contributed by atoms with Crippen molar-refractivity contribution < 1.29 is 5.11 Å². The number of aliphatic hydroxyl groups excluding tert-OH is 1. The minimum absolute atomic E-state index is 0.133. The van der Waals surface area contributed by atoms with Crippen LogP contribution >= 0.6 is 0 Å². The second-order valence-corrected chi connectivity index (χ2v) is 5.22. The summed E-state index contributed by atoms with van der Waals surface area (Å²) in [4.78, 5) is 0. The Kier molecular flexibility index (Phi) is 3.22. The first kappa shape index (κ1) is 12.2. The molecule has 0 amide bonds. The fourth-order valence-corrected chi connectivity index (χ4v) is 1.87. The lowest BCUT2D eigenvalue weighted by atomic mass is 9.83. The lowest BCUT2D eigenvalue weighted by Crippen LogP contribution is -2.16. The SMILES string of the molecule is Cc1cc(C(C)(C)C)cc(C)c1C(N)O. The van der Waals surface area contributed by atoms with Gasteiger partial charge in [0, 0.05) is 5.56 Å². The van der Waals surface area contributed by atoms with Crippen LogP contribution in [0, 0.1) is 13.8 Å². The maximum absolute atomic E-state index is 9.46. The van der Waals surface area contributed by atoms with Crippen LogP contribution in [0.25, 0.3) is 0 Å². The van der Waals surface area contributed by atoms with Gasteiger partial charge in [-0.15, -0.1) is 0 Å². The summed E-state index contributed by atoms with van der Waals surface area (Å²) in [5.74, 6) is 0. The molecule has 1 aromatic rings. The largest absolute Gasteiger partial charge is 0.375 e. The smallest absolute Gasteiger partial charge is 0.129 e. The van der Waals surface area contributed by atoms with Crippen molar-refractivity contribution in [1.82, 2.24) is 0 Å². The van der Waals surface area contributed by atoms with Crippen molar-refractivity contribution >= 4 is 0 Å². The van der Waals surface area contributed by atoms with E-state index in [4.69, 9.17) is 5.73 Å². The molecule has 0 heterocycles. The molecule has 0 bridgehead atoms. The molecule has 2 nitrogen and oxygen atoms in total. The van der Waals surface area contributed by atoms with E-state index in [1.807, 2.05) is 13.8 Å². The molecule has 1 aromatic carbocycles. The van der Waals surface area contributed by atoms with E-state index in [0.717, 1.165) is 16.7 Å². The summed E-state index contributed by atoms with van der Waals surface area (Å²) in [5.41, 5.74) is 9.92. The Hall–Kier alpha value is -0.860. The maximum atomic E-state index is 9.46. The normalized spacial score (nSPS) is 14.1. The van der Waals surface area contributed by atoms with Crippen molar-refractivity contribution in [2.24, 2.45) is 5.73 Å². The molecule has 0 radical (unpaired) electrons. The molecule has 0 aliphatic rings. The monoisotopic (exact) mass is 207 g/mol. The number of hydrogen-bond donors (Lipinski definition) is 2. The average molecular weight is 207 g/mol. The Bertz CT molecular complexity index is 338. The standard InChI is InChI=1S/C13H21NO/c1-8-6-10(13(3,4)5)7-9(2)11(8)12(14)15/h6-7,12,15H,14H2,1-5H3. The third kappa shape index (κ3) is 2.58. The predicted octanol–water partition coefficient (Wildman–Crippen LogP) is 2.55. The number of benzene rings is 1. The molecule has 0 saturated carbocycles. The van der Waals surface area contributed by atoms with Gasteiger partial charge < -0.3 is 10.8 Å². The first-order chi connectivity index (χ1) is 6.73. The van der Waals surface area contributed by atoms with Crippen LogP contribution in [-0.2, 0) is 5.41 Å². The van der Waals surface area contributed by atoms with Crippen molar-refractivity contribution in [2.45, 2.75) is 46.3 Å². The van der Waals surface area contributed by atoms with Gasteiger partial charge in [0.05, 0.1) is 0 Å². The van der Waals surface area contributed by atoms with Gasteiger partial charge in [-0.25, -0.2) is 0 Å². The van der Waals surface area contributed by atoms with E-state index in [1.54, 1.807) is 0 Å². The Morgan fingerprint density at radius 3 is 1.80 bits per heavy atom. The van der Waals surface area contributed by atoms with Crippen LogP contribution in [-0.4, -0.2) is 5.11 Å². The fraction of sp³-hybridized carbons (Fsp3) is 0.538. The molecule has 15 heavy (non-hydrogen) atoms. The number of rotatable bonds is 1. The summed E-state index contributed by atoms with van der Waals surface area (Å²) in [6.07, 6.45) is -0.876. The van der Waals surface area contributed by atoms with Gasteiger partial charge in [0.2, 0.25) is 0 Å². The highest BCUT2D eigenvalue weighted by Crippen LogP contribution is 2.28. The van der Waals surface area contributed by atoms with E-state index in [-0.39, 0.29) is 5.41 Å². The Morgan fingerprint density at radius 1 is 1.13 bits per heavy atom. The van der Waals surface area contributed by atoms with Crippen LogP contribution in [0.15, 0.2) is 12.1 Å². The quantitative estimate of drug-likeness (QED) is 0.695. The minimum atomic E-state index is -0.876. The summed E-state index contributed by atoms with van der Waals surface area (Å²) in [6, 6.07) is 4.22. The van der Waals surface area contributed by atoms with Crippen LogP contribution in [0.4, 0.5) is 0 Å². The third-order valence-corrected chi connectivity index (χ3v) is 2.76. The molecular formula is C13H21NO. The fourth-order valence-electron chi connectivity index (χ4n) is 1.87. The zero-order valence-electron chi connectivity index (χ0n) is 10.3. The van der Waals surface area contributed by atoms with Crippen LogP contribution in [0.2, 0.25) is 0 Å². The summed E-state index contributed by atoms with van der Waals surface area (Å²) in [6.45, 7) is 10.5. The van der Waals surface area contributed by atoms with Crippen molar-refractivity contribution in [1.29, 1.82) is 0 Å². The van der Waals surface area contributed by atoms with Gasteiger partial charge in [-0.2, -0.15) is 0 Å². The number of hydrogen-bond acceptors (Lipinski definition) is 2. The van der Waals surface area contributed by atoms with Gasteiger partial charge in [-0.05, 0) is 36.0 Å². The van der Waals surface area contributed by atoms with E-state index >= 15 is 0 Å². The summed E-state index contributed by atoms with van der Waals surface area (Å²) in [7, 11) is 0. The molecular weight excluding hydrogens is 186 g/mol. The Balaban J connectivity index is 3.32. The Labute approximate surface area is 92.1 Å². The molecule has 3 N–H and O–H groups in total. The lowest BCUT2D eigenvalue weighted by Gasteiger charge is -2.23. The number of nitrogens with two attached hydrogens (primary N) is 1. The van der Waals surface area contributed by atoms with Gasteiger partial charge >= 0.3 is 0 Å². The van der Waals surface area contributed by atoms with Crippen molar-refractivity contribution in [3.8, 4) is 0 Å². The van der Waals surface area contributed by atoms with Crippen molar-refractivity contribution in [3.05, 3.63) is 34.4 Å².